The lowest BCUT2D eigenvalue weighted by Crippen LogP contribution is -2.13. The number of sulfonamides is 1. The van der Waals surface area contributed by atoms with E-state index in [4.69, 9.17) is 11.6 Å². The summed E-state index contributed by atoms with van der Waals surface area (Å²) in [7, 11) is -3.93. The summed E-state index contributed by atoms with van der Waals surface area (Å²) in [6.07, 6.45) is 0.121. The van der Waals surface area contributed by atoms with E-state index in [1.54, 1.807) is 24.3 Å². The number of benzene rings is 3. The molecule has 0 bridgehead atoms. The van der Waals surface area contributed by atoms with Crippen molar-refractivity contribution in [3.05, 3.63) is 77.3 Å². The van der Waals surface area contributed by atoms with Crippen LogP contribution in [0.5, 0.6) is 0 Å². The number of halogens is 1. The summed E-state index contributed by atoms with van der Waals surface area (Å²) in [5, 5.41) is 10.9. The van der Waals surface area contributed by atoms with Crippen LogP contribution in [0.4, 0.5) is 22.7 Å². The molecule has 1 amide bonds. The quantitative estimate of drug-likeness (QED) is 0.558. The Kier molecular flexibility index (Phi) is 5.04. The molecule has 9 heteroatoms. The zero-order chi connectivity index (χ0) is 20.4. The third kappa shape index (κ3) is 4.28. The molecule has 3 aromatic rings. The highest BCUT2D eigenvalue weighted by molar-refractivity contribution is 7.92. The lowest BCUT2D eigenvalue weighted by molar-refractivity contribution is -0.115. The molecule has 146 valence electrons. The minimum atomic E-state index is -3.93. The normalized spacial score (nSPS) is 13.3. The lowest BCUT2D eigenvalue weighted by atomic mass is 10.2. The monoisotopic (exact) mass is 426 g/mol. The van der Waals surface area contributed by atoms with Crippen molar-refractivity contribution in [2.24, 2.45) is 10.2 Å². The van der Waals surface area contributed by atoms with Gasteiger partial charge in [0.15, 0.2) is 0 Å². The van der Waals surface area contributed by atoms with Gasteiger partial charge in [0, 0.05) is 11.4 Å². The molecule has 0 spiro atoms. The zero-order valence-corrected chi connectivity index (χ0v) is 16.5. The number of fused-ring (bicyclic) bond motifs is 1. The second-order valence-corrected chi connectivity index (χ2v) is 8.41. The highest BCUT2D eigenvalue weighted by Crippen LogP contribution is 2.33. The van der Waals surface area contributed by atoms with E-state index in [0.717, 1.165) is 5.69 Å². The van der Waals surface area contributed by atoms with Crippen molar-refractivity contribution in [2.75, 3.05) is 10.0 Å². The van der Waals surface area contributed by atoms with Gasteiger partial charge >= 0.3 is 0 Å². The molecule has 7 nitrogen and oxygen atoms in total. The van der Waals surface area contributed by atoms with Crippen molar-refractivity contribution in [3.63, 3.8) is 0 Å². The Hall–Kier alpha value is -3.23. The molecule has 29 heavy (non-hydrogen) atoms. The summed E-state index contributed by atoms with van der Waals surface area (Å²) in [5.41, 5.74) is 2.78. The number of carbonyl (C=O) groups is 1. The first-order valence-electron chi connectivity index (χ1n) is 8.63. The molecule has 1 aliphatic heterocycles. The van der Waals surface area contributed by atoms with Crippen LogP contribution in [-0.2, 0) is 21.2 Å². The van der Waals surface area contributed by atoms with E-state index >= 15 is 0 Å². The van der Waals surface area contributed by atoms with E-state index in [0.29, 0.717) is 22.6 Å². The summed E-state index contributed by atoms with van der Waals surface area (Å²) in [6.45, 7) is 0. The van der Waals surface area contributed by atoms with E-state index in [1.165, 1.54) is 12.1 Å². The third-order valence-corrected chi connectivity index (χ3v) is 6.07. The number of rotatable bonds is 5. The minimum Gasteiger partial charge on any atom is -0.325 e. The van der Waals surface area contributed by atoms with Gasteiger partial charge in [0.25, 0.3) is 10.0 Å². The van der Waals surface area contributed by atoms with Crippen molar-refractivity contribution < 1.29 is 13.2 Å². The molecule has 2 N–H and O–H groups in total. The van der Waals surface area contributed by atoms with Gasteiger partial charge in [-0.05, 0) is 54.1 Å². The molecule has 0 radical (unpaired) electrons. The topological polar surface area (TPSA) is 100.0 Å². The van der Waals surface area contributed by atoms with Crippen LogP contribution in [0.2, 0.25) is 5.02 Å². The highest BCUT2D eigenvalue weighted by atomic mass is 35.5. The van der Waals surface area contributed by atoms with Crippen LogP contribution in [0.25, 0.3) is 0 Å². The molecule has 0 fully saturated rings. The minimum absolute atomic E-state index is 0.0340. The number of hydrogen-bond acceptors (Lipinski definition) is 5. The maximum atomic E-state index is 12.8. The first-order valence-corrected chi connectivity index (χ1v) is 10.5. The number of anilines is 2. The van der Waals surface area contributed by atoms with Crippen LogP contribution in [0, 0.1) is 0 Å². The number of nitrogens with one attached hydrogen (secondary N) is 2. The average Bonchev–Trinajstić information content (AvgIpc) is 3.06. The average molecular weight is 427 g/mol. The molecular formula is C20H15ClN4O3S. The van der Waals surface area contributed by atoms with Crippen molar-refractivity contribution in [2.45, 2.75) is 11.3 Å². The van der Waals surface area contributed by atoms with Gasteiger partial charge < -0.3 is 5.32 Å². The first-order chi connectivity index (χ1) is 13.9. The SMILES string of the molecule is O=C1Cc2cc(S(=O)(=O)Nc3ccc(N=Nc4ccccc4)cc3)c(Cl)cc2N1. The standard InChI is InChI=1S/C20H15ClN4O3S/c21-17-12-18-13(11-20(26)22-18)10-19(17)29(27,28)25-16-8-6-15(7-9-16)24-23-14-4-2-1-3-5-14/h1-10,12,25H,11H2,(H,22,26). The third-order valence-electron chi connectivity index (χ3n) is 4.23. The first kappa shape index (κ1) is 19.1. The van der Waals surface area contributed by atoms with Gasteiger partial charge in [-0.15, -0.1) is 0 Å². The predicted molar refractivity (Wildman–Crippen MR) is 112 cm³/mol. The van der Waals surface area contributed by atoms with Crippen LogP contribution in [0.15, 0.2) is 81.9 Å². The second-order valence-electron chi connectivity index (χ2n) is 6.35. The van der Waals surface area contributed by atoms with Crippen LogP contribution < -0.4 is 10.0 Å². The van der Waals surface area contributed by atoms with Gasteiger partial charge in [-0.25, -0.2) is 8.42 Å². The molecule has 0 saturated heterocycles. The van der Waals surface area contributed by atoms with Crippen LogP contribution in [0.3, 0.4) is 0 Å². The Morgan fingerprint density at radius 1 is 0.931 bits per heavy atom. The fourth-order valence-corrected chi connectivity index (χ4v) is 4.49. The number of carbonyl (C=O) groups excluding carboxylic acids is 1. The second kappa shape index (κ2) is 7.65. The summed E-state index contributed by atoms with van der Waals surface area (Å²) in [6, 6.07) is 18.6. The molecule has 0 saturated carbocycles. The lowest BCUT2D eigenvalue weighted by Gasteiger charge is -2.11. The van der Waals surface area contributed by atoms with Crippen molar-refractivity contribution in [1.82, 2.24) is 0 Å². The highest BCUT2D eigenvalue weighted by Gasteiger charge is 2.25. The van der Waals surface area contributed by atoms with Gasteiger partial charge in [-0.2, -0.15) is 10.2 Å². The largest absolute Gasteiger partial charge is 0.325 e. The van der Waals surface area contributed by atoms with Gasteiger partial charge in [-0.3, -0.25) is 9.52 Å². The van der Waals surface area contributed by atoms with E-state index in [-0.39, 0.29) is 22.2 Å². The van der Waals surface area contributed by atoms with Gasteiger partial charge in [0.1, 0.15) is 4.90 Å². The maximum absolute atomic E-state index is 12.8. The van der Waals surface area contributed by atoms with E-state index < -0.39 is 10.0 Å². The van der Waals surface area contributed by atoms with Gasteiger partial charge in [0.2, 0.25) is 5.91 Å². The number of azo groups is 1. The smallest absolute Gasteiger partial charge is 0.263 e. The molecule has 4 rings (SSSR count). The molecule has 0 atom stereocenters. The van der Waals surface area contributed by atoms with Crippen molar-refractivity contribution in [1.29, 1.82) is 0 Å². The summed E-state index contributed by atoms with van der Waals surface area (Å²) < 4.78 is 28.0. The molecule has 0 unspecified atom stereocenters. The molecule has 3 aromatic carbocycles. The predicted octanol–water partition coefficient (Wildman–Crippen LogP) is 5.05. The summed E-state index contributed by atoms with van der Waals surface area (Å²) in [5.74, 6) is -0.196. The Morgan fingerprint density at radius 3 is 2.28 bits per heavy atom. The Balaban J connectivity index is 1.52. The van der Waals surface area contributed by atoms with Crippen molar-refractivity contribution in [3.8, 4) is 0 Å². The van der Waals surface area contributed by atoms with Crippen molar-refractivity contribution >= 4 is 50.3 Å². The Labute approximate surface area is 172 Å². The molecule has 1 aliphatic rings. The van der Waals surface area contributed by atoms with Crippen LogP contribution in [-0.4, -0.2) is 14.3 Å². The number of nitrogens with zero attached hydrogens (tertiary/aromatic N) is 2. The fourth-order valence-electron chi connectivity index (χ4n) is 2.85. The Bertz CT molecular complexity index is 1210. The van der Waals surface area contributed by atoms with Gasteiger partial charge in [0.05, 0.1) is 22.8 Å². The summed E-state index contributed by atoms with van der Waals surface area (Å²) in [4.78, 5) is 11.4. The molecule has 0 aliphatic carbocycles. The van der Waals surface area contributed by atoms with Gasteiger partial charge in [-0.1, -0.05) is 29.8 Å². The Morgan fingerprint density at radius 2 is 1.59 bits per heavy atom. The number of hydrogen-bond donors (Lipinski definition) is 2. The zero-order valence-electron chi connectivity index (χ0n) is 15.0. The van der Waals surface area contributed by atoms with E-state index in [9.17, 15) is 13.2 Å². The fraction of sp³-hybridized carbons (Fsp3) is 0.0500. The molecular weight excluding hydrogens is 412 g/mol. The van der Waals surface area contributed by atoms with Crippen LogP contribution >= 0.6 is 11.6 Å². The maximum Gasteiger partial charge on any atom is 0.263 e. The van der Waals surface area contributed by atoms with E-state index in [2.05, 4.69) is 20.3 Å². The van der Waals surface area contributed by atoms with E-state index in [1.807, 2.05) is 30.3 Å². The molecule has 1 heterocycles. The molecule has 0 aromatic heterocycles. The summed E-state index contributed by atoms with van der Waals surface area (Å²) >= 11 is 6.13. The number of amides is 1. The van der Waals surface area contributed by atoms with Crippen LogP contribution in [0.1, 0.15) is 5.56 Å².